The lowest BCUT2D eigenvalue weighted by Crippen LogP contribution is -2.50. The third-order valence-electron chi connectivity index (χ3n) is 5.93. The van der Waals surface area contributed by atoms with Gasteiger partial charge in [0, 0.05) is 31.2 Å². The molecule has 14 nitrogen and oxygen atoms in total. The highest BCUT2D eigenvalue weighted by molar-refractivity contribution is 6.60. The van der Waals surface area contributed by atoms with Gasteiger partial charge in [0.1, 0.15) is 35.8 Å². The molecule has 2 heterocycles. The lowest BCUT2D eigenvalue weighted by Gasteiger charge is -2.21. The summed E-state index contributed by atoms with van der Waals surface area (Å²) in [6.07, 6.45) is 3.31. The molecule has 0 unspecified atom stereocenters. The van der Waals surface area contributed by atoms with E-state index in [1.165, 1.54) is 11.8 Å². The standard InChI is InChI=1S/C24H32B3N9O5/c1-40-9-8-28-19(37)12-36-11-17(32-35-36)14-4-3-5-15(21(14)41-2)29-16-10-18(30-22(38)13-6-7-13)33-34-20(16)23(39)31-24(25,26)27/h3-5,10-11,13H,6-9,12,25-27H2,1-2H3,(H,28,37)(H,31,39)(H2,29,30,33,38). The molecule has 41 heavy (non-hydrogen) atoms. The van der Waals surface area contributed by atoms with Crippen LogP contribution in [0, 0.1) is 5.92 Å². The first-order chi connectivity index (χ1) is 19.6. The molecule has 0 bridgehead atoms. The zero-order valence-electron chi connectivity index (χ0n) is 23.8. The van der Waals surface area contributed by atoms with Gasteiger partial charge in [-0.15, -0.1) is 15.3 Å². The van der Waals surface area contributed by atoms with Crippen molar-refractivity contribution in [1.29, 1.82) is 0 Å². The van der Waals surface area contributed by atoms with Crippen LogP contribution in [-0.2, 0) is 20.9 Å². The zero-order valence-corrected chi connectivity index (χ0v) is 23.8. The van der Waals surface area contributed by atoms with Gasteiger partial charge in [0.25, 0.3) is 5.91 Å². The number of nitrogens with one attached hydrogen (secondary N) is 4. The number of anilines is 3. The lowest BCUT2D eigenvalue weighted by molar-refractivity contribution is -0.122. The number of aromatic nitrogens is 5. The van der Waals surface area contributed by atoms with Crippen LogP contribution in [0.25, 0.3) is 11.3 Å². The molecule has 17 heteroatoms. The van der Waals surface area contributed by atoms with Gasteiger partial charge in [-0.1, -0.05) is 11.3 Å². The van der Waals surface area contributed by atoms with Crippen molar-refractivity contribution in [3.05, 3.63) is 36.2 Å². The van der Waals surface area contributed by atoms with E-state index in [4.69, 9.17) is 9.47 Å². The predicted molar refractivity (Wildman–Crippen MR) is 159 cm³/mol. The molecule has 0 radical (unpaired) electrons. The molecule has 0 saturated heterocycles. The van der Waals surface area contributed by atoms with Crippen LogP contribution in [0.15, 0.2) is 30.5 Å². The fourth-order valence-corrected chi connectivity index (χ4v) is 3.89. The molecule has 0 atom stereocenters. The minimum Gasteiger partial charge on any atom is -0.494 e. The Morgan fingerprint density at radius 2 is 1.88 bits per heavy atom. The number of para-hydroxylation sites is 1. The number of ether oxygens (including phenoxy) is 2. The molecule has 1 aliphatic rings. The van der Waals surface area contributed by atoms with Crippen LogP contribution < -0.4 is 26.0 Å². The summed E-state index contributed by atoms with van der Waals surface area (Å²) in [5, 5.41) is 27.6. The van der Waals surface area contributed by atoms with Crippen LogP contribution >= 0.6 is 0 Å². The summed E-state index contributed by atoms with van der Waals surface area (Å²) in [5.41, 5.74) is 1.95. The van der Waals surface area contributed by atoms with Crippen LogP contribution in [0.1, 0.15) is 23.3 Å². The van der Waals surface area contributed by atoms with E-state index in [2.05, 4.69) is 41.8 Å². The number of hydrogen-bond acceptors (Lipinski definition) is 10. The first-order valence-corrected chi connectivity index (χ1v) is 13.2. The van der Waals surface area contributed by atoms with E-state index in [1.54, 1.807) is 37.6 Å². The maximum atomic E-state index is 13.1. The van der Waals surface area contributed by atoms with Gasteiger partial charge >= 0.3 is 0 Å². The monoisotopic (exact) mass is 559 g/mol. The van der Waals surface area contributed by atoms with Gasteiger partial charge in [0.2, 0.25) is 11.8 Å². The average Bonchev–Trinajstić information content (AvgIpc) is 3.67. The van der Waals surface area contributed by atoms with Gasteiger partial charge in [0.15, 0.2) is 17.3 Å². The summed E-state index contributed by atoms with van der Waals surface area (Å²) in [7, 11) is 8.65. The van der Waals surface area contributed by atoms with E-state index in [-0.39, 0.29) is 35.8 Å². The van der Waals surface area contributed by atoms with Crippen molar-refractivity contribution in [3.8, 4) is 17.0 Å². The molecule has 3 aromatic rings. The molecule has 0 aliphatic heterocycles. The van der Waals surface area contributed by atoms with Crippen molar-refractivity contribution in [2.75, 3.05) is 38.0 Å². The predicted octanol–water partition coefficient (Wildman–Crippen LogP) is -2.16. The molecule has 2 aromatic heterocycles. The summed E-state index contributed by atoms with van der Waals surface area (Å²) in [5.74, 6) is -0.179. The molecule has 1 saturated carbocycles. The van der Waals surface area contributed by atoms with E-state index >= 15 is 0 Å². The summed E-state index contributed by atoms with van der Waals surface area (Å²) in [4.78, 5) is 37.6. The Labute approximate surface area is 239 Å². The van der Waals surface area contributed by atoms with E-state index in [0.717, 1.165) is 12.8 Å². The number of hydrogen-bond donors (Lipinski definition) is 4. The first kappa shape index (κ1) is 29.6. The van der Waals surface area contributed by atoms with Crippen molar-refractivity contribution in [3.63, 3.8) is 0 Å². The van der Waals surface area contributed by atoms with Crippen LogP contribution in [0.4, 0.5) is 17.2 Å². The third-order valence-corrected chi connectivity index (χ3v) is 5.93. The largest absolute Gasteiger partial charge is 0.494 e. The number of carbonyl (C=O) groups is 3. The summed E-state index contributed by atoms with van der Waals surface area (Å²) in [6, 6.07) is 6.92. The minimum atomic E-state index is -0.515. The van der Waals surface area contributed by atoms with Crippen molar-refractivity contribution < 1.29 is 23.9 Å². The van der Waals surface area contributed by atoms with Gasteiger partial charge in [-0.05, 0) is 30.2 Å². The molecular weight excluding hydrogens is 527 g/mol. The number of benzene rings is 1. The molecule has 0 spiro atoms. The van der Waals surface area contributed by atoms with Gasteiger partial charge < -0.3 is 30.7 Å². The number of carbonyl (C=O) groups excluding carboxylic acids is 3. The molecule has 4 rings (SSSR count). The Morgan fingerprint density at radius 3 is 2.56 bits per heavy atom. The molecular formula is C24H32B3N9O5. The van der Waals surface area contributed by atoms with E-state index < -0.39 is 11.1 Å². The van der Waals surface area contributed by atoms with Crippen LogP contribution in [0.3, 0.4) is 0 Å². The highest BCUT2D eigenvalue weighted by atomic mass is 16.5. The number of methoxy groups -OCH3 is 2. The Balaban J connectivity index is 1.62. The summed E-state index contributed by atoms with van der Waals surface area (Å²) >= 11 is 0. The van der Waals surface area contributed by atoms with Gasteiger partial charge in [-0.2, -0.15) is 0 Å². The van der Waals surface area contributed by atoms with Crippen molar-refractivity contribution >= 4 is 58.5 Å². The van der Waals surface area contributed by atoms with Crippen molar-refractivity contribution in [1.82, 2.24) is 35.8 Å². The third kappa shape index (κ3) is 8.07. The SMILES string of the molecule is BC(B)(B)NC(=O)c1nnc(NC(=O)C2CC2)cc1Nc1cccc(-c2cn(CC(=O)NCCOC)nn2)c1OC. The van der Waals surface area contributed by atoms with Crippen molar-refractivity contribution in [2.45, 2.75) is 24.6 Å². The smallest absolute Gasteiger partial charge is 0.272 e. The van der Waals surface area contributed by atoms with E-state index in [0.29, 0.717) is 41.5 Å². The van der Waals surface area contributed by atoms with Gasteiger partial charge in [-0.25, -0.2) is 4.68 Å². The van der Waals surface area contributed by atoms with Crippen LogP contribution in [0.5, 0.6) is 5.75 Å². The fourth-order valence-electron chi connectivity index (χ4n) is 3.89. The Bertz CT molecular complexity index is 1430. The second-order valence-electron chi connectivity index (χ2n) is 10.6. The molecule has 1 fully saturated rings. The van der Waals surface area contributed by atoms with Gasteiger partial charge in [-0.3, -0.25) is 14.4 Å². The number of rotatable bonds is 13. The molecule has 1 aliphatic carbocycles. The normalized spacial score (nSPS) is 12.8. The number of amides is 3. The Hall–Kier alpha value is -4.40. The van der Waals surface area contributed by atoms with E-state index in [1.807, 2.05) is 23.5 Å². The Kier molecular flexibility index (Phi) is 9.27. The highest BCUT2D eigenvalue weighted by Gasteiger charge is 2.30. The van der Waals surface area contributed by atoms with E-state index in [9.17, 15) is 14.4 Å². The molecule has 3 amide bonds. The molecule has 212 valence electrons. The fraction of sp³-hybridized carbons (Fsp3) is 0.375. The highest BCUT2D eigenvalue weighted by Crippen LogP contribution is 2.38. The van der Waals surface area contributed by atoms with Gasteiger partial charge in [0.05, 0.1) is 31.3 Å². The Morgan fingerprint density at radius 1 is 1.10 bits per heavy atom. The quantitative estimate of drug-likeness (QED) is 0.134. The average molecular weight is 559 g/mol. The maximum absolute atomic E-state index is 13.1. The number of nitrogens with zero attached hydrogens (tertiary/aromatic N) is 5. The van der Waals surface area contributed by atoms with Crippen molar-refractivity contribution in [2.24, 2.45) is 5.92 Å². The molecule has 4 N–H and O–H groups in total. The molecule has 1 aromatic carbocycles. The second-order valence-corrected chi connectivity index (χ2v) is 10.6. The zero-order chi connectivity index (χ0) is 29.6. The second kappa shape index (κ2) is 12.8. The minimum absolute atomic E-state index is 0.0126. The van der Waals surface area contributed by atoms with Crippen LogP contribution in [0.2, 0.25) is 0 Å². The summed E-state index contributed by atoms with van der Waals surface area (Å²) < 4.78 is 12.1. The first-order valence-electron chi connectivity index (χ1n) is 13.2. The summed E-state index contributed by atoms with van der Waals surface area (Å²) in [6.45, 7) is 0.789. The lowest BCUT2D eigenvalue weighted by atomic mass is 9.49. The topological polar surface area (TPSA) is 174 Å². The maximum Gasteiger partial charge on any atom is 0.272 e. The van der Waals surface area contributed by atoms with Crippen LogP contribution in [-0.4, -0.2) is 99.1 Å².